The van der Waals surface area contributed by atoms with Crippen molar-refractivity contribution in [3.63, 3.8) is 0 Å². The quantitative estimate of drug-likeness (QED) is 0.736. The van der Waals surface area contributed by atoms with E-state index in [0.29, 0.717) is 18.0 Å². The normalized spacial score (nSPS) is 15.3. The van der Waals surface area contributed by atoms with Gasteiger partial charge in [0.2, 0.25) is 10.0 Å². The third kappa shape index (κ3) is 4.80. The summed E-state index contributed by atoms with van der Waals surface area (Å²) < 4.78 is 27.8. The molecule has 0 unspecified atom stereocenters. The van der Waals surface area contributed by atoms with Crippen LogP contribution >= 0.6 is 0 Å². The lowest BCUT2D eigenvalue weighted by atomic mass is 10.1. The SMILES string of the molecule is CCNCc1ccc(CC)c(S(=O)(=O)NCCC2CC2)c1. The molecule has 2 N–H and O–H groups in total. The van der Waals surface area contributed by atoms with Gasteiger partial charge in [0.15, 0.2) is 0 Å². The van der Waals surface area contributed by atoms with E-state index in [9.17, 15) is 8.42 Å². The molecule has 0 heterocycles. The molecule has 0 amide bonds. The van der Waals surface area contributed by atoms with E-state index in [-0.39, 0.29) is 0 Å². The minimum atomic E-state index is -3.40. The van der Waals surface area contributed by atoms with Crippen molar-refractivity contribution in [1.29, 1.82) is 0 Å². The van der Waals surface area contributed by atoms with Crippen molar-refractivity contribution >= 4 is 10.0 Å². The van der Waals surface area contributed by atoms with Crippen LogP contribution in [0.1, 0.15) is 44.2 Å². The average Bonchev–Trinajstić information content (AvgIpc) is 3.29. The topological polar surface area (TPSA) is 58.2 Å². The molecule has 4 nitrogen and oxygen atoms in total. The van der Waals surface area contributed by atoms with Gasteiger partial charge in [-0.25, -0.2) is 13.1 Å². The van der Waals surface area contributed by atoms with E-state index in [1.165, 1.54) is 12.8 Å². The predicted molar refractivity (Wildman–Crippen MR) is 85.7 cm³/mol. The van der Waals surface area contributed by atoms with E-state index in [1.54, 1.807) is 6.07 Å². The summed E-state index contributed by atoms with van der Waals surface area (Å²) in [5.74, 6) is 0.735. The van der Waals surface area contributed by atoms with Crippen molar-refractivity contribution in [2.24, 2.45) is 5.92 Å². The summed E-state index contributed by atoms with van der Waals surface area (Å²) in [5, 5.41) is 3.23. The average molecular weight is 310 g/mol. The molecule has 1 aliphatic carbocycles. The number of hydrogen-bond acceptors (Lipinski definition) is 3. The highest BCUT2D eigenvalue weighted by Gasteiger charge is 2.23. The number of rotatable bonds is 9. The molecular weight excluding hydrogens is 284 g/mol. The second kappa shape index (κ2) is 7.38. The molecule has 0 atom stereocenters. The minimum Gasteiger partial charge on any atom is -0.313 e. The first-order valence-corrected chi connectivity index (χ1v) is 9.37. The third-order valence-corrected chi connectivity index (χ3v) is 5.47. The van der Waals surface area contributed by atoms with Crippen LogP contribution in [0.4, 0.5) is 0 Å². The fourth-order valence-corrected chi connectivity index (χ4v) is 3.81. The van der Waals surface area contributed by atoms with E-state index in [4.69, 9.17) is 0 Å². The van der Waals surface area contributed by atoms with Gasteiger partial charge in [-0.2, -0.15) is 0 Å². The van der Waals surface area contributed by atoms with E-state index in [2.05, 4.69) is 10.0 Å². The lowest BCUT2D eigenvalue weighted by Gasteiger charge is -2.12. The Bertz CT molecular complexity index is 566. The van der Waals surface area contributed by atoms with Gasteiger partial charge in [0.25, 0.3) is 0 Å². The first-order valence-electron chi connectivity index (χ1n) is 7.89. The standard InChI is InChI=1S/C16H26N2O2S/c1-3-15-8-7-14(12-17-4-2)11-16(15)21(19,20)18-10-9-13-5-6-13/h7-8,11,13,17-18H,3-6,9-10,12H2,1-2H3. The van der Waals surface area contributed by atoms with E-state index in [1.807, 2.05) is 26.0 Å². The lowest BCUT2D eigenvalue weighted by Crippen LogP contribution is -2.26. The minimum absolute atomic E-state index is 0.441. The van der Waals surface area contributed by atoms with Crippen molar-refractivity contribution in [2.45, 2.75) is 51.0 Å². The van der Waals surface area contributed by atoms with Crippen LogP contribution in [0.3, 0.4) is 0 Å². The van der Waals surface area contributed by atoms with Crippen LogP contribution < -0.4 is 10.0 Å². The third-order valence-electron chi connectivity index (χ3n) is 3.92. The highest BCUT2D eigenvalue weighted by atomic mass is 32.2. The highest BCUT2D eigenvalue weighted by molar-refractivity contribution is 7.89. The number of benzene rings is 1. The van der Waals surface area contributed by atoms with Gasteiger partial charge >= 0.3 is 0 Å². The van der Waals surface area contributed by atoms with Crippen LogP contribution in [0.25, 0.3) is 0 Å². The smallest absolute Gasteiger partial charge is 0.240 e. The second-order valence-electron chi connectivity index (χ2n) is 5.71. The predicted octanol–water partition coefficient (Wildman–Crippen LogP) is 2.44. The number of aryl methyl sites for hydroxylation is 1. The van der Waals surface area contributed by atoms with E-state index < -0.39 is 10.0 Å². The summed E-state index contributed by atoms with van der Waals surface area (Å²) in [6.45, 7) is 6.15. The Kier molecular flexibility index (Phi) is 5.79. The van der Waals surface area contributed by atoms with Gasteiger partial charge in [0, 0.05) is 13.1 Å². The monoisotopic (exact) mass is 310 g/mol. The molecule has 118 valence electrons. The van der Waals surface area contributed by atoms with Crippen molar-refractivity contribution in [3.8, 4) is 0 Å². The van der Waals surface area contributed by atoms with Gasteiger partial charge in [0.1, 0.15) is 0 Å². The Labute approximate surface area is 128 Å². The van der Waals surface area contributed by atoms with Crippen LogP contribution in [0.2, 0.25) is 0 Å². The largest absolute Gasteiger partial charge is 0.313 e. The Morgan fingerprint density at radius 3 is 2.62 bits per heavy atom. The highest BCUT2D eigenvalue weighted by Crippen LogP contribution is 2.31. The summed E-state index contributed by atoms with van der Waals surface area (Å²) in [5.41, 5.74) is 1.89. The van der Waals surface area contributed by atoms with Crippen LogP contribution in [0.5, 0.6) is 0 Å². The molecule has 1 saturated carbocycles. The first kappa shape index (κ1) is 16.5. The molecule has 1 aliphatic rings. The molecule has 2 rings (SSSR count). The Balaban J connectivity index is 2.12. The van der Waals surface area contributed by atoms with E-state index in [0.717, 1.165) is 36.4 Å². The molecule has 0 spiro atoms. The van der Waals surface area contributed by atoms with Gasteiger partial charge in [-0.15, -0.1) is 0 Å². The van der Waals surface area contributed by atoms with Crippen molar-refractivity contribution in [1.82, 2.24) is 10.0 Å². The molecule has 1 aromatic rings. The van der Waals surface area contributed by atoms with Crippen molar-refractivity contribution in [3.05, 3.63) is 29.3 Å². The fraction of sp³-hybridized carbons (Fsp3) is 0.625. The molecule has 21 heavy (non-hydrogen) atoms. The zero-order chi connectivity index (χ0) is 15.3. The Hall–Kier alpha value is -0.910. The fourth-order valence-electron chi connectivity index (χ4n) is 2.40. The van der Waals surface area contributed by atoms with E-state index >= 15 is 0 Å². The summed E-state index contributed by atoms with van der Waals surface area (Å²) in [6.07, 6.45) is 4.18. The van der Waals surface area contributed by atoms with Crippen LogP contribution in [0, 0.1) is 5.92 Å². The van der Waals surface area contributed by atoms with Crippen molar-refractivity contribution < 1.29 is 8.42 Å². The van der Waals surface area contributed by atoms with Gasteiger partial charge < -0.3 is 5.32 Å². The Morgan fingerprint density at radius 1 is 1.24 bits per heavy atom. The van der Waals surface area contributed by atoms with Crippen LogP contribution in [-0.2, 0) is 23.0 Å². The zero-order valence-corrected chi connectivity index (χ0v) is 13.8. The lowest BCUT2D eigenvalue weighted by molar-refractivity contribution is 0.574. The molecule has 5 heteroatoms. The van der Waals surface area contributed by atoms with Gasteiger partial charge in [-0.1, -0.05) is 38.8 Å². The molecule has 0 bridgehead atoms. The van der Waals surface area contributed by atoms with Crippen LogP contribution in [-0.4, -0.2) is 21.5 Å². The van der Waals surface area contributed by atoms with Gasteiger partial charge in [-0.05, 0) is 42.5 Å². The van der Waals surface area contributed by atoms with Gasteiger partial charge in [-0.3, -0.25) is 0 Å². The Morgan fingerprint density at radius 2 is 2.00 bits per heavy atom. The molecule has 0 radical (unpaired) electrons. The maximum absolute atomic E-state index is 12.5. The molecule has 0 saturated heterocycles. The molecule has 0 aromatic heterocycles. The summed E-state index contributed by atoms with van der Waals surface area (Å²) >= 11 is 0. The molecule has 1 aromatic carbocycles. The number of nitrogens with one attached hydrogen (secondary N) is 2. The summed E-state index contributed by atoms with van der Waals surface area (Å²) in [4.78, 5) is 0.441. The van der Waals surface area contributed by atoms with Gasteiger partial charge in [0.05, 0.1) is 4.90 Å². The maximum atomic E-state index is 12.5. The summed E-state index contributed by atoms with van der Waals surface area (Å²) in [6, 6.07) is 5.74. The summed E-state index contributed by atoms with van der Waals surface area (Å²) in [7, 11) is -3.40. The maximum Gasteiger partial charge on any atom is 0.240 e. The van der Waals surface area contributed by atoms with Crippen LogP contribution in [0.15, 0.2) is 23.1 Å². The zero-order valence-electron chi connectivity index (χ0n) is 13.0. The molecular formula is C16H26N2O2S. The number of hydrogen-bond donors (Lipinski definition) is 2. The van der Waals surface area contributed by atoms with Crippen molar-refractivity contribution in [2.75, 3.05) is 13.1 Å². The molecule has 0 aliphatic heterocycles. The molecule has 1 fully saturated rings. The number of sulfonamides is 1. The first-order chi connectivity index (χ1) is 10.1. The second-order valence-corrected chi connectivity index (χ2v) is 7.44.